The first-order valence-electron chi connectivity index (χ1n) is 8.52. The molecular formula is C20H25N3O3. The molecule has 2 amide bonds. The number of nitrogens with zero attached hydrogens (tertiary/aromatic N) is 1. The van der Waals surface area contributed by atoms with Crippen LogP contribution in [0.2, 0.25) is 0 Å². The molecule has 0 aliphatic heterocycles. The Labute approximate surface area is 153 Å². The minimum absolute atomic E-state index is 0.130. The molecule has 6 nitrogen and oxygen atoms in total. The van der Waals surface area contributed by atoms with Crippen LogP contribution in [0.5, 0.6) is 5.75 Å². The third-order valence-corrected chi connectivity index (χ3v) is 3.98. The minimum Gasteiger partial charge on any atom is -0.489 e. The van der Waals surface area contributed by atoms with Gasteiger partial charge in [0, 0.05) is 19.0 Å². The molecule has 0 aliphatic carbocycles. The van der Waals surface area contributed by atoms with E-state index in [1.807, 2.05) is 54.6 Å². The first kappa shape index (κ1) is 19.5. The number of hydrogen-bond donors (Lipinski definition) is 2. The zero-order chi connectivity index (χ0) is 18.9. The number of carbonyl (C=O) groups is 2. The van der Waals surface area contributed by atoms with Gasteiger partial charge in [0.1, 0.15) is 12.4 Å². The second-order valence-corrected chi connectivity index (χ2v) is 6.22. The van der Waals surface area contributed by atoms with Gasteiger partial charge in [-0.25, -0.2) is 0 Å². The highest BCUT2D eigenvalue weighted by Gasteiger charge is 2.21. The second kappa shape index (κ2) is 9.58. The maximum absolute atomic E-state index is 12.4. The average Bonchev–Trinajstić information content (AvgIpc) is 2.66. The van der Waals surface area contributed by atoms with Gasteiger partial charge in [-0.05, 0) is 23.3 Å². The van der Waals surface area contributed by atoms with E-state index in [0.717, 1.165) is 16.9 Å². The van der Waals surface area contributed by atoms with E-state index < -0.39 is 5.91 Å². The van der Waals surface area contributed by atoms with E-state index in [9.17, 15) is 9.59 Å². The molecule has 0 saturated carbocycles. The van der Waals surface area contributed by atoms with Crippen LogP contribution in [0.25, 0.3) is 0 Å². The van der Waals surface area contributed by atoms with Crippen molar-refractivity contribution >= 4 is 11.8 Å². The fraction of sp³-hybridized carbons (Fsp3) is 0.300. The third-order valence-electron chi connectivity index (χ3n) is 3.98. The fourth-order valence-corrected chi connectivity index (χ4v) is 2.46. The molecule has 26 heavy (non-hydrogen) atoms. The zero-order valence-electron chi connectivity index (χ0n) is 14.9. The lowest BCUT2D eigenvalue weighted by atomic mass is 10.1. The quantitative estimate of drug-likeness (QED) is 0.715. The van der Waals surface area contributed by atoms with E-state index in [2.05, 4.69) is 0 Å². The van der Waals surface area contributed by atoms with Crippen LogP contribution >= 0.6 is 0 Å². The lowest BCUT2D eigenvalue weighted by Crippen LogP contribution is -2.42. The molecule has 0 aliphatic rings. The molecule has 0 saturated heterocycles. The first-order chi connectivity index (χ1) is 12.5. The predicted octanol–water partition coefficient (Wildman–Crippen LogP) is 1.67. The lowest BCUT2D eigenvalue weighted by molar-refractivity contribution is -0.138. The SMILES string of the molecule is CC(CN)C(=O)N(CC(N)=O)Cc1ccc(OCc2ccccc2)cc1. The average molecular weight is 355 g/mol. The monoisotopic (exact) mass is 355 g/mol. The summed E-state index contributed by atoms with van der Waals surface area (Å²) in [6.45, 7) is 2.61. The molecule has 2 rings (SSSR count). The predicted molar refractivity (Wildman–Crippen MR) is 100 cm³/mol. The summed E-state index contributed by atoms with van der Waals surface area (Å²) in [6, 6.07) is 17.3. The van der Waals surface area contributed by atoms with Gasteiger partial charge in [-0.2, -0.15) is 0 Å². The van der Waals surface area contributed by atoms with Gasteiger partial charge in [0.05, 0.1) is 6.54 Å². The van der Waals surface area contributed by atoms with Crippen molar-refractivity contribution < 1.29 is 14.3 Å². The number of hydrogen-bond acceptors (Lipinski definition) is 4. The van der Waals surface area contributed by atoms with Crippen molar-refractivity contribution in [1.82, 2.24) is 4.90 Å². The Morgan fingerprint density at radius 2 is 1.69 bits per heavy atom. The molecule has 0 fully saturated rings. The summed E-state index contributed by atoms with van der Waals surface area (Å²) >= 11 is 0. The Morgan fingerprint density at radius 3 is 2.27 bits per heavy atom. The van der Waals surface area contributed by atoms with Gasteiger partial charge in [-0.15, -0.1) is 0 Å². The van der Waals surface area contributed by atoms with E-state index in [0.29, 0.717) is 13.2 Å². The highest BCUT2D eigenvalue weighted by Crippen LogP contribution is 2.16. The smallest absolute Gasteiger partial charge is 0.237 e. The van der Waals surface area contributed by atoms with Crippen LogP contribution < -0.4 is 16.2 Å². The van der Waals surface area contributed by atoms with Crippen molar-refractivity contribution in [2.24, 2.45) is 17.4 Å². The zero-order valence-corrected chi connectivity index (χ0v) is 14.9. The standard InChI is InChI=1S/C20H25N3O3/c1-15(11-21)20(25)23(13-19(22)24)12-16-7-9-18(10-8-16)26-14-17-5-3-2-4-6-17/h2-10,15H,11-14,21H2,1H3,(H2,22,24). The van der Waals surface area contributed by atoms with Gasteiger partial charge in [-0.3, -0.25) is 9.59 Å². The fourth-order valence-electron chi connectivity index (χ4n) is 2.46. The topological polar surface area (TPSA) is 98.7 Å². The van der Waals surface area contributed by atoms with Crippen molar-refractivity contribution in [2.45, 2.75) is 20.1 Å². The molecule has 138 valence electrons. The largest absolute Gasteiger partial charge is 0.489 e. The van der Waals surface area contributed by atoms with Crippen LogP contribution in [-0.2, 0) is 22.7 Å². The van der Waals surface area contributed by atoms with Crippen LogP contribution in [0.1, 0.15) is 18.1 Å². The molecular weight excluding hydrogens is 330 g/mol. The van der Waals surface area contributed by atoms with Crippen molar-refractivity contribution in [3.63, 3.8) is 0 Å². The Hall–Kier alpha value is -2.86. The summed E-state index contributed by atoms with van der Waals surface area (Å²) in [7, 11) is 0. The minimum atomic E-state index is -0.551. The van der Waals surface area contributed by atoms with E-state index in [1.165, 1.54) is 4.90 Å². The number of rotatable bonds is 9. The number of benzene rings is 2. The van der Waals surface area contributed by atoms with Crippen molar-refractivity contribution in [1.29, 1.82) is 0 Å². The number of nitrogens with two attached hydrogens (primary N) is 2. The van der Waals surface area contributed by atoms with Crippen LogP contribution in [0.4, 0.5) is 0 Å². The summed E-state index contributed by atoms with van der Waals surface area (Å²) in [6.07, 6.45) is 0. The summed E-state index contributed by atoms with van der Waals surface area (Å²) in [5, 5.41) is 0. The van der Waals surface area contributed by atoms with E-state index in [-0.39, 0.29) is 24.9 Å². The molecule has 2 aromatic carbocycles. The number of ether oxygens (including phenoxy) is 1. The van der Waals surface area contributed by atoms with Gasteiger partial charge in [-0.1, -0.05) is 49.4 Å². The Bertz CT molecular complexity index is 717. The first-order valence-corrected chi connectivity index (χ1v) is 8.52. The lowest BCUT2D eigenvalue weighted by Gasteiger charge is -2.24. The number of amides is 2. The molecule has 1 atom stereocenters. The Kier molecular flexibility index (Phi) is 7.17. The van der Waals surface area contributed by atoms with Crippen molar-refractivity contribution in [2.75, 3.05) is 13.1 Å². The summed E-state index contributed by atoms with van der Waals surface area (Å²) < 4.78 is 5.75. The van der Waals surface area contributed by atoms with Crippen LogP contribution in [0.15, 0.2) is 54.6 Å². The van der Waals surface area contributed by atoms with Crippen LogP contribution in [0.3, 0.4) is 0 Å². The van der Waals surface area contributed by atoms with Gasteiger partial charge in [0.2, 0.25) is 11.8 Å². The molecule has 6 heteroatoms. The molecule has 0 radical (unpaired) electrons. The van der Waals surface area contributed by atoms with Gasteiger partial charge >= 0.3 is 0 Å². The van der Waals surface area contributed by atoms with Gasteiger partial charge in [0.25, 0.3) is 0 Å². The van der Waals surface area contributed by atoms with Crippen LogP contribution in [0, 0.1) is 5.92 Å². The van der Waals surface area contributed by atoms with Crippen molar-refractivity contribution in [3.05, 3.63) is 65.7 Å². The highest BCUT2D eigenvalue weighted by molar-refractivity contribution is 5.85. The summed E-state index contributed by atoms with van der Waals surface area (Å²) in [5.41, 5.74) is 12.8. The summed E-state index contributed by atoms with van der Waals surface area (Å²) in [5.74, 6) is -0.357. The van der Waals surface area contributed by atoms with Gasteiger partial charge < -0.3 is 21.1 Å². The van der Waals surface area contributed by atoms with E-state index in [1.54, 1.807) is 6.92 Å². The maximum atomic E-state index is 12.4. The molecule has 0 bridgehead atoms. The molecule has 4 N–H and O–H groups in total. The number of carbonyl (C=O) groups excluding carboxylic acids is 2. The number of primary amides is 1. The molecule has 0 aromatic heterocycles. The normalized spacial score (nSPS) is 11.6. The molecule has 0 spiro atoms. The molecule has 0 heterocycles. The highest BCUT2D eigenvalue weighted by atomic mass is 16.5. The maximum Gasteiger partial charge on any atom is 0.237 e. The van der Waals surface area contributed by atoms with Crippen molar-refractivity contribution in [3.8, 4) is 5.75 Å². The van der Waals surface area contributed by atoms with Gasteiger partial charge in [0.15, 0.2) is 0 Å². The summed E-state index contributed by atoms with van der Waals surface area (Å²) in [4.78, 5) is 25.1. The molecule has 1 unspecified atom stereocenters. The third kappa shape index (κ3) is 5.89. The Morgan fingerprint density at radius 1 is 1.04 bits per heavy atom. The van der Waals surface area contributed by atoms with Crippen LogP contribution in [-0.4, -0.2) is 29.8 Å². The molecule has 2 aromatic rings. The van der Waals surface area contributed by atoms with E-state index in [4.69, 9.17) is 16.2 Å². The van der Waals surface area contributed by atoms with E-state index >= 15 is 0 Å². The Balaban J connectivity index is 1.98. The second-order valence-electron chi connectivity index (χ2n) is 6.22.